The third-order valence-electron chi connectivity index (χ3n) is 4.47. The largest absolute Gasteiger partial charge is 0.381 e. The van der Waals surface area contributed by atoms with Crippen molar-refractivity contribution in [1.82, 2.24) is 30.1 Å². The first-order valence-corrected chi connectivity index (χ1v) is 8.64. The molecule has 0 radical (unpaired) electrons. The van der Waals surface area contributed by atoms with Crippen LogP contribution in [0.3, 0.4) is 0 Å². The highest BCUT2D eigenvalue weighted by Crippen LogP contribution is 2.24. The molecule has 0 saturated heterocycles. The van der Waals surface area contributed by atoms with Gasteiger partial charge in [-0.1, -0.05) is 13.0 Å². The molecule has 0 bridgehead atoms. The lowest BCUT2D eigenvalue weighted by molar-refractivity contribution is 0.0956. The molecule has 27 heavy (non-hydrogen) atoms. The zero-order valence-corrected chi connectivity index (χ0v) is 15.0. The molecule has 9 heteroatoms. The van der Waals surface area contributed by atoms with E-state index in [1.807, 2.05) is 32.0 Å². The summed E-state index contributed by atoms with van der Waals surface area (Å²) in [4.78, 5) is 28.1. The van der Waals surface area contributed by atoms with Crippen LogP contribution >= 0.6 is 0 Å². The van der Waals surface area contributed by atoms with Crippen LogP contribution in [0.5, 0.6) is 0 Å². The first-order chi connectivity index (χ1) is 13.0. The van der Waals surface area contributed by atoms with Gasteiger partial charge in [-0.25, -0.2) is 0 Å². The Labute approximate surface area is 153 Å². The fourth-order valence-corrected chi connectivity index (χ4v) is 3.08. The number of fused-ring (bicyclic) bond motifs is 2. The Morgan fingerprint density at radius 1 is 1.33 bits per heavy atom. The van der Waals surface area contributed by atoms with Gasteiger partial charge in [0.15, 0.2) is 11.5 Å². The molecule has 0 aliphatic carbocycles. The van der Waals surface area contributed by atoms with Crippen LogP contribution in [0.2, 0.25) is 0 Å². The summed E-state index contributed by atoms with van der Waals surface area (Å²) in [5, 5.41) is 14.9. The van der Waals surface area contributed by atoms with E-state index in [1.165, 1.54) is 6.07 Å². The van der Waals surface area contributed by atoms with E-state index < -0.39 is 0 Å². The van der Waals surface area contributed by atoms with Crippen LogP contribution in [0.4, 0.5) is 5.82 Å². The van der Waals surface area contributed by atoms with Crippen LogP contribution in [-0.4, -0.2) is 37.2 Å². The molecule has 9 nitrogen and oxygen atoms in total. The first kappa shape index (κ1) is 16.8. The SMILES string of the molecule is CCCNC(=O)c1c(N)nn2c(=O)cc(-c3ccc4[nH]nc(C)c4c3)[nH]c12. The monoisotopic (exact) mass is 365 g/mol. The lowest BCUT2D eigenvalue weighted by atomic mass is 10.1. The molecule has 0 unspecified atom stereocenters. The minimum Gasteiger partial charge on any atom is -0.381 e. The number of aromatic amines is 2. The molecular formula is C18H19N7O2. The van der Waals surface area contributed by atoms with Crippen LogP contribution in [0, 0.1) is 6.92 Å². The second-order valence-corrected chi connectivity index (χ2v) is 6.37. The summed E-state index contributed by atoms with van der Waals surface area (Å²) in [6, 6.07) is 7.14. The third kappa shape index (κ3) is 2.73. The predicted molar refractivity (Wildman–Crippen MR) is 103 cm³/mol. The van der Waals surface area contributed by atoms with E-state index in [0.717, 1.165) is 33.1 Å². The van der Waals surface area contributed by atoms with Gasteiger partial charge in [-0.2, -0.15) is 9.61 Å². The average molecular weight is 365 g/mol. The van der Waals surface area contributed by atoms with Crippen molar-refractivity contribution in [3.05, 3.63) is 45.9 Å². The van der Waals surface area contributed by atoms with Crippen LogP contribution < -0.4 is 16.6 Å². The smallest absolute Gasteiger partial charge is 0.274 e. The Bertz CT molecular complexity index is 1230. The van der Waals surface area contributed by atoms with Crippen molar-refractivity contribution >= 4 is 28.3 Å². The Morgan fingerprint density at radius 3 is 2.93 bits per heavy atom. The van der Waals surface area contributed by atoms with E-state index in [4.69, 9.17) is 5.73 Å². The summed E-state index contributed by atoms with van der Waals surface area (Å²) < 4.78 is 1.11. The van der Waals surface area contributed by atoms with Crippen molar-refractivity contribution in [2.24, 2.45) is 0 Å². The predicted octanol–water partition coefficient (Wildman–Crippen LogP) is 1.60. The number of nitrogens with one attached hydrogen (secondary N) is 3. The first-order valence-electron chi connectivity index (χ1n) is 8.64. The lowest BCUT2D eigenvalue weighted by Crippen LogP contribution is -2.25. The second kappa shape index (κ2) is 6.27. The number of hydrogen-bond donors (Lipinski definition) is 4. The fourth-order valence-electron chi connectivity index (χ4n) is 3.08. The molecule has 138 valence electrons. The van der Waals surface area contributed by atoms with E-state index in [0.29, 0.717) is 12.2 Å². The topological polar surface area (TPSA) is 134 Å². The van der Waals surface area contributed by atoms with Crippen molar-refractivity contribution in [1.29, 1.82) is 0 Å². The highest BCUT2D eigenvalue weighted by atomic mass is 16.2. The Kier molecular flexibility index (Phi) is 3.91. The number of H-pyrrole nitrogens is 2. The second-order valence-electron chi connectivity index (χ2n) is 6.37. The van der Waals surface area contributed by atoms with Gasteiger partial charge in [0.05, 0.1) is 16.9 Å². The summed E-state index contributed by atoms with van der Waals surface area (Å²) in [7, 11) is 0. The van der Waals surface area contributed by atoms with E-state index in [-0.39, 0.29) is 28.5 Å². The maximum Gasteiger partial charge on any atom is 0.274 e. The number of aryl methyl sites for hydroxylation is 1. The molecule has 0 atom stereocenters. The number of nitrogens with two attached hydrogens (primary N) is 1. The van der Waals surface area contributed by atoms with Crippen LogP contribution in [0.1, 0.15) is 29.4 Å². The summed E-state index contributed by atoms with van der Waals surface area (Å²) in [5.74, 6) is -0.353. The molecule has 3 aromatic heterocycles. The number of aromatic nitrogens is 5. The minimum absolute atomic E-state index is 0.00948. The zero-order valence-electron chi connectivity index (χ0n) is 15.0. The number of benzene rings is 1. The maximum atomic E-state index is 12.5. The normalized spacial score (nSPS) is 11.3. The number of nitrogens with zero attached hydrogens (tertiary/aromatic N) is 3. The number of anilines is 1. The number of hydrogen-bond acceptors (Lipinski definition) is 5. The standard InChI is InChI=1S/C18H19N7O2/c1-3-6-20-18(27)15-16(19)24-25-14(26)8-13(21-17(15)25)10-4-5-12-11(7-10)9(2)22-23-12/h4-5,7-8,21H,3,6H2,1-2H3,(H2,19,24)(H,20,27)(H,22,23). The van der Waals surface area contributed by atoms with Gasteiger partial charge < -0.3 is 16.0 Å². The van der Waals surface area contributed by atoms with Crippen molar-refractivity contribution in [2.75, 3.05) is 12.3 Å². The van der Waals surface area contributed by atoms with E-state index in [1.54, 1.807) is 0 Å². The minimum atomic E-state index is -0.371. The van der Waals surface area contributed by atoms with Gasteiger partial charge in [-0.3, -0.25) is 14.7 Å². The van der Waals surface area contributed by atoms with Crippen LogP contribution in [0.15, 0.2) is 29.1 Å². The van der Waals surface area contributed by atoms with Crippen molar-refractivity contribution in [3.8, 4) is 11.3 Å². The van der Waals surface area contributed by atoms with E-state index >= 15 is 0 Å². The zero-order chi connectivity index (χ0) is 19.1. The van der Waals surface area contributed by atoms with Gasteiger partial charge in [-0.05, 0) is 31.0 Å². The molecule has 4 aromatic rings. The molecule has 5 N–H and O–H groups in total. The summed E-state index contributed by atoms with van der Waals surface area (Å²) in [6.45, 7) is 4.37. The molecule has 1 aromatic carbocycles. The fraction of sp³-hybridized carbons (Fsp3) is 0.222. The number of nitrogen functional groups attached to an aromatic ring is 1. The Morgan fingerprint density at radius 2 is 2.15 bits per heavy atom. The maximum absolute atomic E-state index is 12.5. The van der Waals surface area contributed by atoms with Crippen LogP contribution in [0.25, 0.3) is 27.8 Å². The molecule has 4 rings (SSSR count). The lowest BCUT2D eigenvalue weighted by Gasteiger charge is -2.06. The molecule has 0 spiro atoms. The Hall–Kier alpha value is -3.62. The summed E-state index contributed by atoms with van der Waals surface area (Å²) in [6.07, 6.45) is 0.788. The molecule has 0 fully saturated rings. The molecule has 0 aliphatic heterocycles. The average Bonchev–Trinajstić information content (AvgIpc) is 3.19. The third-order valence-corrected chi connectivity index (χ3v) is 4.47. The van der Waals surface area contributed by atoms with Crippen LogP contribution in [-0.2, 0) is 0 Å². The number of carbonyl (C=O) groups is 1. The molecule has 0 aliphatic rings. The van der Waals surface area contributed by atoms with Crippen molar-refractivity contribution in [2.45, 2.75) is 20.3 Å². The van der Waals surface area contributed by atoms with Gasteiger partial charge in [-0.15, -0.1) is 5.10 Å². The van der Waals surface area contributed by atoms with E-state index in [9.17, 15) is 9.59 Å². The molecule has 1 amide bonds. The molecular weight excluding hydrogens is 346 g/mol. The number of carbonyl (C=O) groups excluding carboxylic acids is 1. The van der Waals surface area contributed by atoms with Gasteiger partial charge in [0.1, 0.15) is 5.56 Å². The van der Waals surface area contributed by atoms with Gasteiger partial charge in [0.2, 0.25) is 0 Å². The van der Waals surface area contributed by atoms with Gasteiger partial charge in [0, 0.05) is 18.0 Å². The number of amides is 1. The molecule has 3 heterocycles. The highest BCUT2D eigenvalue weighted by molar-refractivity contribution is 6.04. The van der Waals surface area contributed by atoms with Crippen molar-refractivity contribution < 1.29 is 4.79 Å². The van der Waals surface area contributed by atoms with E-state index in [2.05, 4.69) is 25.6 Å². The summed E-state index contributed by atoms with van der Waals surface area (Å²) in [5.41, 5.74) is 9.11. The Balaban J connectivity index is 1.90. The van der Waals surface area contributed by atoms with Gasteiger partial charge >= 0.3 is 0 Å². The summed E-state index contributed by atoms with van der Waals surface area (Å²) >= 11 is 0. The highest BCUT2D eigenvalue weighted by Gasteiger charge is 2.20. The quantitative estimate of drug-likeness (QED) is 0.436. The number of rotatable bonds is 4. The van der Waals surface area contributed by atoms with Crippen molar-refractivity contribution in [3.63, 3.8) is 0 Å². The van der Waals surface area contributed by atoms with Gasteiger partial charge in [0.25, 0.3) is 11.5 Å². The molecule has 0 saturated carbocycles.